The molecule has 3 N–H and O–H groups in total. The molecule has 2 atom stereocenters. The number of aryl methyl sites for hydroxylation is 1. The van der Waals surface area contributed by atoms with E-state index >= 15 is 0 Å². The average molecular weight is 601 g/mol. The highest BCUT2D eigenvalue weighted by Gasteiger charge is 2.40. The predicted molar refractivity (Wildman–Crippen MR) is 154 cm³/mol. The monoisotopic (exact) mass is 600 g/mol. The molecule has 1 fully saturated rings. The number of hydrogen-bond donors (Lipinski definition) is 3. The lowest BCUT2D eigenvalue weighted by Crippen LogP contribution is -2.51. The van der Waals surface area contributed by atoms with Crippen molar-refractivity contribution in [1.82, 2.24) is 14.7 Å². The minimum atomic E-state index is -3.94. The van der Waals surface area contributed by atoms with Crippen LogP contribution in [0.2, 0.25) is 0 Å². The summed E-state index contributed by atoms with van der Waals surface area (Å²) in [4.78, 5) is 53.9. The lowest BCUT2D eigenvalue weighted by molar-refractivity contribution is -0.197. The van der Waals surface area contributed by atoms with Crippen LogP contribution in [0.4, 0.5) is 5.69 Å². The van der Waals surface area contributed by atoms with E-state index in [9.17, 15) is 32.7 Å². The highest BCUT2D eigenvalue weighted by Crippen LogP contribution is 2.26. The van der Waals surface area contributed by atoms with Gasteiger partial charge in [0.15, 0.2) is 0 Å². The van der Waals surface area contributed by atoms with Gasteiger partial charge in [-0.1, -0.05) is 29.8 Å². The number of carbonyl (C=O) groups is 3. The first-order valence-corrected chi connectivity index (χ1v) is 14.8. The van der Waals surface area contributed by atoms with Crippen molar-refractivity contribution in [3.8, 4) is 0 Å². The first-order valence-electron chi connectivity index (χ1n) is 13.4. The van der Waals surface area contributed by atoms with Crippen LogP contribution in [0, 0.1) is 6.92 Å². The molecule has 1 aliphatic heterocycles. The Bertz CT molecular complexity index is 1430. The van der Waals surface area contributed by atoms with E-state index in [-0.39, 0.29) is 30.8 Å². The van der Waals surface area contributed by atoms with Crippen LogP contribution in [0.3, 0.4) is 0 Å². The van der Waals surface area contributed by atoms with Crippen molar-refractivity contribution >= 4 is 39.4 Å². The molecule has 0 unspecified atom stereocenters. The summed E-state index contributed by atoms with van der Waals surface area (Å²) >= 11 is 0. The van der Waals surface area contributed by atoms with Crippen LogP contribution in [0.5, 0.6) is 0 Å². The van der Waals surface area contributed by atoms with Gasteiger partial charge in [0, 0.05) is 18.7 Å². The Balaban J connectivity index is 1.63. The highest BCUT2D eigenvalue weighted by molar-refractivity contribution is 7.89. The van der Waals surface area contributed by atoms with E-state index in [0.29, 0.717) is 17.7 Å². The molecule has 13 heteroatoms. The molecular weight excluding hydrogens is 564 g/mol. The molecule has 2 aromatic rings. The molecule has 226 valence electrons. The summed E-state index contributed by atoms with van der Waals surface area (Å²) in [6, 6.07) is 10.4. The summed E-state index contributed by atoms with van der Waals surface area (Å²) in [5.74, 6) is -0.827. The first-order chi connectivity index (χ1) is 19.7. The van der Waals surface area contributed by atoms with E-state index in [1.54, 1.807) is 63.1 Å². The summed E-state index contributed by atoms with van der Waals surface area (Å²) in [6.45, 7) is 7.02. The van der Waals surface area contributed by atoms with Crippen molar-refractivity contribution in [3.05, 3.63) is 65.9 Å². The van der Waals surface area contributed by atoms with Crippen LogP contribution in [0.15, 0.2) is 59.6 Å². The number of carbonyl (C=O) groups excluding carboxylic acids is 3. The predicted octanol–water partition coefficient (Wildman–Crippen LogP) is 2.28. The van der Waals surface area contributed by atoms with E-state index in [1.807, 2.05) is 6.92 Å². The molecule has 0 radical (unpaired) electrons. The Morgan fingerprint density at radius 1 is 1.14 bits per heavy atom. The molecule has 1 aliphatic rings. The summed E-state index contributed by atoms with van der Waals surface area (Å²) in [5.41, 5.74) is 1.25. The third kappa shape index (κ3) is 8.98. The minimum absolute atomic E-state index is 0.0654. The zero-order valence-corrected chi connectivity index (χ0v) is 24.8. The topological polar surface area (TPSA) is 162 Å². The number of hydroxylamine groups is 2. The van der Waals surface area contributed by atoms with Crippen LogP contribution >= 0.6 is 0 Å². The van der Waals surface area contributed by atoms with Gasteiger partial charge in [-0.3, -0.25) is 14.4 Å². The molecule has 1 saturated heterocycles. The van der Waals surface area contributed by atoms with E-state index in [1.165, 1.54) is 12.1 Å². The van der Waals surface area contributed by atoms with Crippen molar-refractivity contribution in [2.24, 2.45) is 0 Å². The number of carboxylic acid groups (broad SMARTS) is 1. The zero-order valence-electron chi connectivity index (χ0n) is 24.0. The van der Waals surface area contributed by atoms with Gasteiger partial charge in [-0.05, 0) is 70.4 Å². The van der Waals surface area contributed by atoms with Crippen LogP contribution < -0.4 is 10.6 Å². The van der Waals surface area contributed by atoms with Gasteiger partial charge in [0.1, 0.15) is 30.8 Å². The molecule has 0 saturated carbocycles. The molecule has 0 spiro atoms. The lowest BCUT2D eigenvalue weighted by atomic mass is 10.0. The van der Waals surface area contributed by atoms with Crippen LogP contribution in [-0.4, -0.2) is 77.4 Å². The van der Waals surface area contributed by atoms with Gasteiger partial charge in [0.2, 0.25) is 21.8 Å². The third-order valence-corrected chi connectivity index (χ3v) is 8.24. The Kier molecular flexibility index (Phi) is 10.6. The normalized spacial score (nSPS) is 16.2. The fourth-order valence-corrected chi connectivity index (χ4v) is 6.08. The Labute approximate surface area is 245 Å². The van der Waals surface area contributed by atoms with Crippen LogP contribution in [0.1, 0.15) is 44.7 Å². The van der Waals surface area contributed by atoms with Crippen molar-refractivity contribution < 1.29 is 37.5 Å². The summed E-state index contributed by atoms with van der Waals surface area (Å²) in [7, 11) is -3.94. The Morgan fingerprint density at radius 3 is 2.36 bits per heavy atom. The minimum Gasteiger partial charge on any atom is -0.480 e. The molecule has 42 heavy (non-hydrogen) atoms. The maximum Gasteiger partial charge on any atom is 0.326 e. The largest absolute Gasteiger partial charge is 0.480 e. The van der Waals surface area contributed by atoms with Crippen LogP contribution in [0.25, 0.3) is 0 Å². The van der Waals surface area contributed by atoms with Crippen molar-refractivity contribution in [2.45, 2.75) is 69.5 Å². The van der Waals surface area contributed by atoms with E-state index < -0.39 is 45.5 Å². The van der Waals surface area contributed by atoms with Crippen molar-refractivity contribution in [2.75, 3.05) is 18.4 Å². The summed E-state index contributed by atoms with van der Waals surface area (Å²) in [5, 5.41) is 16.0. The first kappa shape index (κ1) is 32.5. The maximum atomic E-state index is 13.2. The molecular formula is C29H36N4O8S. The van der Waals surface area contributed by atoms with E-state index in [4.69, 9.17) is 4.84 Å². The van der Waals surface area contributed by atoms with Gasteiger partial charge in [-0.2, -0.15) is 4.31 Å². The van der Waals surface area contributed by atoms with E-state index in [0.717, 1.165) is 21.1 Å². The van der Waals surface area contributed by atoms with Gasteiger partial charge < -0.3 is 15.7 Å². The lowest BCUT2D eigenvalue weighted by Gasteiger charge is -2.27. The Morgan fingerprint density at radius 2 is 1.79 bits per heavy atom. The van der Waals surface area contributed by atoms with E-state index in [2.05, 4.69) is 10.6 Å². The number of benzene rings is 2. The zero-order chi connectivity index (χ0) is 31.1. The number of nitrogens with zero attached hydrogens (tertiary/aromatic N) is 2. The Hall–Kier alpha value is -4.03. The van der Waals surface area contributed by atoms with Gasteiger partial charge >= 0.3 is 5.97 Å². The SMILES string of the molecule is Cc1ccc(S(=O)(=O)N2CCC[C@H]2C(=O)N[C@@H](Cc2ccc(NC(=O)CN(C=C=O)OC(C)(C)C)cc2)C(=O)O)cc1. The van der Waals surface area contributed by atoms with Crippen LogP contribution in [-0.2, 0) is 40.5 Å². The second-order valence-electron chi connectivity index (χ2n) is 11.0. The number of rotatable bonds is 12. The fourth-order valence-electron chi connectivity index (χ4n) is 4.42. The van der Waals surface area contributed by atoms with Crippen molar-refractivity contribution in [3.63, 3.8) is 0 Å². The number of carboxylic acids is 1. The average Bonchev–Trinajstić information content (AvgIpc) is 3.40. The fraction of sp³-hybridized carbons (Fsp3) is 0.414. The maximum absolute atomic E-state index is 13.2. The third-order valence-electron chi connectivity index (χ3n) is 6.31. The quantitative estimate of drug-likeness (QED) is 0.245. The number of anilines is 1. The number of sulfonamides is 1. The molecule has 3 rings (SSSR count). The molecule has 0 aliphatic carbocycles. The molecule has 0 bridgehead atoms. The highest BCUT2D eigenvalue weighted by atomic mass is 32.2. The molecule has 0 aromatic heterocycles. The van der Waals surface area contributed by atoms with Gasteiger partial charge in [-0.25, -0.2) is 23.1 Å². The molecule has 2 amide bonds. The summed E-state index contributed by atoms with van der Waals surface area (Å²) in [6.07, 6.45) is 1.67. The summed E-state index contributed by atoms with van der Waals surface area (Å²) < 4.78 is 27.5. The number of amides is 2. The number of aliphatic carboxylic acids is 1. The van der Waals surface area contributed by atoms with Crippen molar-refractivity contribution in [1.29, 1.82) is 0 Å². The standard InChI is InChI=1S/C29H36N4O8S/c1-20-7-13-23(14-8-20)42(39,40)33-15-5-6-25(33)27(36)31-24(28(37)38)18-21-9-11-22(12-10-21)30-26(35)19-32(16-17-34)41-29(2,3)4/h7-14,16,24-25H,5-6,15,18-19H2,1-4H3,(H,30,35)(H,31,36)(H,37,38)/t24-,25-/m0/s1. The van der Waals surface area contributed by atoms with Gasteiger partial charge in [0.25, 0.3) is 0 Å². The molecule has 2 aromatic carbocycles. The second-order valence-corrected chi connectivity index (χ2v) is 12.9. The molecule has 12 nitrogen and oxygen atoms in total. The van der Waals surface area contributed by atoms with Gasteiger partial charge in [0.05, 0.1) is 10.5 Å². The number of hydrogen-bond acceptors (Lipinski definition) is 8. The number of nitrogens with one attached hydrogen (secondary N) is 2. The smallest absolute Gasteiger partial charge is 0.326 e. The second kappa shape index (κ2) is 13.8. The molecule has 1 heterocycles. The van der Waals surface area contributed by atoms with Gasteiger partial charge in [-0.15, -0.1) is 0 Å².